The second-order valence-electron chi connectivity index (χ2n) is 5.76. The molecular weight excluding hydrogens is 222 g/mol. The van der Waals surface area contributed by atoms with Crippen molar-refractivity contribution in [3.8, 4) is 0 Å². The number of nitrogens with zero attached hydrogens (tertiary/aromatic N) is 1. The Morgan fingerprint density at radius 2 is 1.44 bits per heavy atom. The van der Waals surface area contributed by atoms with Gasteiger partial charge in [0.15, 0.2) is 0 Å². The first-order valence-corrected chi connectivity index (χ1v) is 8.02. The molecule has 1 aliphatic heterocycles. The van der Waals surface area contributed by atoms with E-state index in [2.05, 4.69) is 6.92 Å². The van der Waals surface area contributed by atoms with E-state index in [0.29, 0.717) is 0 Å². The summed E-state index contributed by atoms with van der Waals surface area (Å²) >= 11 is 0. The van der Waals surface area contributed by atoms with Crippen molar-refractivity contribution in [2.45, 2.75) is 77.6 Å². The molecule has 1 aliphatic rings. The van der Waals surface area contributed by atoms with E-state index >= 15 is 0 Å². The minimum absolute atomic E-state index is 0.0585. The van der Waals surface area contributed by atoms with Crippen molar-refractivity contribution in [2.24, 2.45) is 0 Å². The van der Waals surface area contributed by atoms with Crippen LogP contribution in [0.15, 0.2) is 12.3 Å². The molecule has 0 saturated heterocycles. The Kier molecular flexibility index (Phi) is 8.36. The zero-order valence-electron chi connectivity index (χ0n) is 12.2. The van der Waals surface area contributed by atoms with Crippen LogP contribution in [0.2, 0.25) is 0 Å². The van der Waals surface area contributed by atoms with Gasteiger partial charge >= 0.3 is 0 Å². The third-order valence-electron chi connectivity index (χ3n) is 3.94. The van der Waals surface area contributed by atoms with E-state index in [9.17, 15) is 5.21 Å². The van der Waals surface area contributed by atoms with Gasteiger partial charge in [-0.1, -0.05) is 58.3 Å². The first-order valence-electron chi connectivity index (χ1n) is 8.02. The lowest BCUT2D eigenvalue weighted by Crippen LogP contribution is -2.34. The highest BCUT2D eigenvalue weighted by atomic mass is 16.5. The summed E-state index contributed by atoms with van der Waals surface area (Å²) in [5.41, 5.74) is 0. The van der Waals surface area contributed by atoms with Gasteiger partial charge in [-0.2, -0.15) is 0 Å². The summed E-state index contributed by atoms with van der Waals surface area (Å²) in [6.45, 7) is 3.84. The van der Waals surface area contributed by atoms with Crippen LogP contribution in [-0.2, 0) is 0 Å². The van der Waals surface area contributed by atoms with Gasteiger partial charge in [0.2, 0.25) is 0 Å². The van der Waals surface area contributed by atoms with Crippen LogP contribution >= 0.6 is 0 Å². The topological polar surface area (TPSA) is 23.1 Å². The lowest BCUT2D eigenvalue weighted by Gasteiger charge is -2.35. The first kappa shape index (κ1) is 15.7. The molecule has 0 radical (unpaired) electrons. The van der Waals surface area contributed by atoms with E-state index < -0.39 is 0 Å². The molecule has 0 saturated carbocycles. The molecule has 1 rings (SSSR count). The number of hydrogen-bond donors (Lipinski definition) is 0. The number of rotatable bonds is 11. The molecule has 0 amide bonds. The molecule has 2 heteroatoms. The third kappa shape index (κ3) is 7.17. The van der Waals surface area contributed by atoms with Crippen LogP contribution in [0.25, 0.3) is 0 Å². The standard InChI is InChI=1S/C16H31NO/c1-2-3-4-5-6-7-8-9-10-11-14-17(18)15-12-13-16-17/h12,15H,2-11,13-14,16H2,1H3. The van der Waals surface area contributed by atoms with Crippen LogP contribution in [0.1, 0.15) is 77.6 Å². The van der Waals surface area contributed by atoms with Crippen LogP contribution < -0.4 is 0 Å². The average molecular weight is 253 g/mol. The summed E-state index contributed by atoms with van der Waals surface area (Å²) in [6.07, 6.45) is 18.2. The van der Waals surface area contributed by atoms with E-state index in [1.807, 2.05) is 12.3 Å². The molecule has 0 spiro atoms. The molecular formula is C16H31NO. The molecule has 1 atom stereocenters. The van der Waals surface area contributed by atoms with Crippen LogP contribution in [0, 0.1) is 5.21 Å². The zero-order chi connectivity index (χ0) is 13.1. The molecule has 2 nitrogen and oxygen atoms in total. The molecule has 0 aliphatic carbocycles. The summed E-state index contributed by atoms with van der Waals surface area (Å²) in [5, 5.41) is 12.0. The Morgan fingerprint density at radius 1 is 0.889 bits per heavy atom. The normalized spacial score (nSPS) is 22.8. The molecule has 0 N–H and O–H groups in total. The van der Waals surface area contributed by atoms with Crippen LogP contribution in [0.5, 0.6) is 0 Å². The van der Waals surface area contributed by atoms with Gasteiger partial charge in [0.25, 0.3) is 0 Å². The van der Waals surface area contributed by atoms with E-state index in [1.54, 1.807) is 0 Å². The Morgan fingerprint density at radius 3 is 1.94 bits per heavy atom. The van der Waals surface area contributed by atoms with Crippen molar-refractivity contribution in [1.82, 2.24) is 0 Å². The molecule has 0 aromatic heterocycles. The van der Waals surface area contributed by atoms with E-state index in [4.69, 9.17) is 0 Å². The first-order chi connectivity index (χ1) is 8.77. The van der Waals surface area contributed by atoms with Crippen molar-refractivity contribution in [2.75, 3.05) is 13.1 Å². The summed E-state index contributed by atoms with van der Waals surface area (Å²) < 4.78 is -0.0585. The Bertz CT molecular complexity index is 227. The lowest BCUT2D eigenvalue weighted by atomic mass is 10.1. The molecule has 0 aromatic carbocycles. The van der Waals surface area contributed by atoms with Gasteiger partial charge in [0.05, 0.1) is 19.3 Å². The maximum atomic E-state index is 12.0. The molecule has 106 valence electrons. The summed E-state index contributed by atoms with van der Waals surface area (Å²) in [7, 11) is 0. The van der Waals surface area contributed by atoms with Gasteiger partial charge in [0.1, 0.15) is 0 Å². The second-order valence-corrected chi connectivity index (χ2v) is 5.76. The largest absolute Gasteiger partial charge is 0.628 e. The number of quaternary nitrogens is 1. The minimum atomic E-state index is -0.0585. The minimum Gasteiger partial charge on any atom is -0.628 e. The summed E-state index contributed by atoms with van der Waals surface area (Å²) in [6, 6.07) is 0. The van der Waals surface area contributed by atoms with E-state index in [0.717, 1.165) is 25.9 Å². The Hall–Kier alpha value is -0.340. The third-order valence-corrected chi connectivity index (χ3v) is 3.94. The molecule has 18 heavy (non-hydrogen) atoms. The van der Waals surface area contributed by atoms with Gasteiger partial charge in [-0.15, -0.1) is 0 Å². The Balaban J connectivity index is 1.80. The second kappa shape index (κ2) is 9.57. The number of unbranched alkanes of at least 4 members (excludes halogenated alkanes) is 9. The van der Waals surface area contributed by atoms with Crippen molar-refractivity contribution in [3.63, 3.8) is 0 Å². The van der Waals surface area contributed by atoms with Gasteiger partial charge in [0, 0.05) is 6.42 Å². The van der Waals surface area contributed by atoms with Gasteiger partial charge in [-0.3, -0.25) is 0 Å². The van der Waals surface area contributed by atoms with Crippen molar-refractivity contribution in [1.29, 1.82) is 0 Å². The molecule has 0 aromatic rings. The van der Waals surface area contributed by atoms with Crippen LogP contribution in [-0.4, -0.2) is 17.7 Å². The lowest BCUT2D eigenvalue weighted by molar-refractivity contribution is -0.823. The smallest absolute Gasteiger partial charge is 0.0920 e. The molecule has 1 heterocycles. The van der Waals surface area contributed by atoms with Crippen molar-refractivity contribution < 1.29 is 4.65 Å². The highest BCUT2D eigenvalue weighted by molar-refractivity contribution is 4.82. The summed E-state index contributed by atoms with van der Waals surface area (Å²) in [4.78, 5) is 0. The van der Waals surface area contributed by atoms with Gasteiger partial charge < -0.3 is 9.85 Å². The molecule has 1 unspecified atom stereocenters. The SMILES string of the molecule is CCCCCCCCCCCC[N+]1([O-])C=CCC1. The fourth-order valence-corrected chi connectivity index (χ4v) is 2.69. The fraction of sp³-hybridized carbons (Fsp3) is 0.875. The predicted octanol–water partition coefficient (Wildman–Crippen LogP) is 5.14. The maximum absolute atomic E-state index is 12.0. The number of hydroxylamine groups is 3. The number of hydrogen-bond acceptors (Lipinski definition) is 1. The van der Waals surface area contributed by atoms with Crippen LogP contribution in [0.4, 0.5) is 0 Å². The van der Waals surface area contributed by atoms with Crippen molar-refractivity contribution >= 4 is 0 Å². The van der Waals surface area contributed by atoms with Gasteiger partial charge in [-0.05, 0) is 18.9 Å². The summed E-state index contributed by atoms with van der Waals surface area (Å²) in [5.74, 6) is 0. The average Bonchev–Trinajstić information content (AvgIpc) is 2.79. The fourth-order valence-electron chi connectivity index (χ4n) is 2.69. The van der Waals surface area contributed by atoms with Crippen molar-refractivity contribution in [3.05, 3.63) is 17.5 Å². The van der Waals surface area contributed by atoms with Crippen LogP contribution in [0.3, 0.4) is 0 Å². The van der Waals surface area contributed by atoms with Gasteiger partial charge in [-0.25, -0.2) is 0 Å². The highest BCUT2D eigenvalue weighted by Gasteiger charge is 2.16. The quantitative estimate of drug-likeness (QED) is 0.284. The monoisotopic (exact) mass is 253 g/mol. The molecule has 0 bridgehead atoms. The highest BCUT2D eigenvalue weighted by Crippen LogP contribution is 2.17. The van der Waals surface area contributed by atoms with E-state index in [1.165, 1.54) is 57.8 Å². The Labute approximate surface area is 113 Å². The maximum Gasteiger partial charge on any atom is 0.0920 e. The van der Waals surface area contributed by atoms with E-state index in [-0.39, 0.29) is 4.65 Å². The molecule has 0 fully saturated rings. The predicted molar refractivity (Wildman–Crippen MR) is 79.0 cm³/mol. The zero-order valence-corrected chi connectivity index (χ0v) is 12.2.